The van der Waals surface area contributed by atoms with Crippen molar-refractivity contribution < 1.29 is 4.79 Å². The Bertz CT molecular complexity index is 289. The lowest BCUT2D eigenvalue weighted by atomic mass is 9.99. The summed E-state index contributed by atoms with van der Waals surface area (Å²) in [5.74, 6) is 0. The second-order valence-corrected chi connectivity index (χ2v) is 3.25. The maximum atomic E-state index is 10.5. The van der Waals surface area contributed by atoms with Crippen LogP contribution < -0.4 is 0 Å². The van der Waals surface area contributed by atoms with Crippen molar-refractivity contribution in [3.8, 4) is 0 Å². The van der Waals surface area contributed by atoms with Crippen molar-refractivity contribution in [3.05, 3.63) is 34.9 Å². The van der Waals surface area contributed by atoms with Gasteiger partial charge in [0.15, 0.2) is 0 Å². The molecule has 70 valence electrons. The van der Waals surface area contributed by atoms with Gasteiger partial charge in [0.1, 0.15) is 6.29 Å². The van der Waals surface area contributed by atoms with E-state index in [0.29, 0.717) is 0 Å². The number of aldehydes is 1. The predicted molar refractivity (Wildman–Crippen MR) is 55.2 cm³/mol. The van der Waals surface area contributed by atoms with Crippen LogP contribution in [0.4, 0.5) is 0 Å². The van der Waals surface area contributed by atoms with Gasteiger partial charge in [-0.25, -0.2) is 0 Å². The molecule has 0 N–H and O–H groups in total. The number of carbonyl (C=O) groups is 1. The van der Waals surface area contributed by atoms with Gasteiger partial charge < -0.3 is 0 Å². The highest BCUT2D eigenvalue weighted by molar-refractivity contribution is 5.75. The number of rotatable bonds is 4. The Balaban J connectivity index is 3.00. The van der Waals surface area contributed by atoms with E-state index < -0.39 is 0 Å². The fraction of sp³-hybridized carbons (Fsp3) is 0.417. The van der Waals surface area contributed by atoms with E-state index in [4.69, 9.17) is 0 Å². The van der Waals surface area contributed by atoms with Gasteiger partial charge in [-0.3, -0.25) is 4.79 Å². The van der Waals surface area contributed by atoms with Crippen LogP contribution in [0, 0.1) is 0 Å². The van der Waals surface area contributed by atoms with Crippen molar-refractivity contribution in [2.75, 3.05) is 0 Å². The lowest BCUT2D eigenvalue weighted by Gasteiger charge is -2.06. The zero-order valence-electron chi connectivity index (χ0n) is 8.34. The Morgan fingerprint density at radius 1 is 1.23 bits per heavy atom. The summed E-state index contributed by atoms with van der Waals surface area (Å²) in [6.45, 7) is 4.30. The van der Waals surface area contributed by atoms with Gasteiger partial charge in [0.2, 0.25) is 0 Å². The summed E-state index contributed by atoms with van der Waals surface area (Å²) >= 11 is 0. The third-order valence-electron chi connectivity index (χ3n) is 2.27. The Labute approximate surface area is 79.8 Å². The van der Waals surface area contributed by atoms with Crippen molar-refractivity contribution in [2.45, 2.75) is 33.1 Å². The Morgan fingerprint density at radius 3 is 2.54 bits per heavy atom. The molecule has 1 aromatic rings. The Hall–Kier alpha value is -1.11. The molecule has 0 amide bonds. The summed E-state index contributed by atoms with van der Waals surface area (Å²) in [5, 5.41) is 0. The first-order chi connectivity index (χ1) is 6.31. The molecule has 0 bridgehead atoms. The first kappa shape index (κ1) is 9.97. The lowest BCUT2D eigenvalue weighted by molar-refractivity contribution is 0.112. The topological polar surface area (TPSA) is 17.1 Å². The monoisotopic (exact) mass is 176 g/mol. The van der Waals surface area contributed by atoms with Gasteiger partial charge in [0.25, 0.3) is 0 Å². The number of carbonyl (C=O) groups excluding carboxylic acids is 1. The molecule has 0 radical (unpaired) electrons. The number of hydrogen-bond donors (Lipinski definition) is 0. The van der Waals surface area contributed by atoms with Crippen molar-refractivity contribution in [3.63, 3.8) is 0 Å². The standard InChI is InChI=1S/C12H16O/c1-3-5-12-7-6-10(9-13)8-11(12)4-2/h6-9H,3-5H2,1-2H3. The largest absolute Gasteiger partial charge is 0.298 e. The molecule has 0 aliphatic rings. The molecule has 1 rings (SSSR count). The molecule has 0 heterocycles. The molecule has 1 nitrogen and oxygen atoms in total. The molecule has 13 heavy (non-hydrogen) atoms. The van der Waals surface area contributed by atoms with Crippen molar-refractivity contribution in [1.29, 1.82) is 0 Å². The van der Waals surface area contributed by atoms with E-state index in [1.54, 1.807) is 0 Å². The lowest BCUT2D eigenvalue weighted by Crippen LogP contribution is -1.94. The SMILES string of the molecule is CCCc1ccc(C=O)cc1CC. The van der Waals surface area contributed by atoms with E-state index in [1.807, 2.05) is 12.1 Å². The van der Waals surface area contributed by atoms with Crippen LogP contribution in [0.25, 0.3) is 0 Å². The summed E-state index contributed by atoms with van der Waals surface area (Å²) < 4.78 is 0. The zero-order chi connectivity index (χ0) is 9.68. The molecule has 0 aliphatic carbocycles. The zero-order valence-corrected chi connectivity index (χ0v) is 8.34. The van der Waals surface area contributed by atoms with Crippen molar-refractivity contribution in [1.82, 2.24) is 0 Å². The van der Waals surface area contributed by atoms with Crippen LogP contribution in [-0.2, 0) is 12.8 Å². The summed E-state index contributed by atoms with van der Waals surface area (Å²) in [6.07, 6.45) is 4.20. The normalized spacial score (nSPS) is 10.0. The minimum Gasteiger partial charge on any atom is -0.298 e. The van der Waals surface area contributed by atoms with Crippen LogP contribution >= 0.6 is 0 Å². The smallest absolute Gasteiger partial charge is 0.150 e. The third-order valence-corrected chi connectivity index (χ3v) is 2.27. The van der Waals surface area contributed by atoms with E-state index in [-0.39, 0.29) is 0 Å². The molecule has 0 saturated carbocycles. The molecule has 0 unspecified atom stereocenters. The van der Waals surface area contributed by atoms with Crippen LogP contribution in [0.2, 0.25) is 0 Å². The minimum atomic E-state index is 0.789. The molecule has 0 spiro atoms. The predicted octanol–water partition coefficient (Wildman–Crippen LogP) is 3.01. The van der Waals surface area contributed by atoms with Crippen molar-refractivity contribution in [2.24, 2.45) is 0 Å². The van der Waals surface area contributed by atoms with Gasteiger partial charge in [-0.2, -0.15) is 0 Å². The van der Waals surface area contributed by atoms with E-state index >= 15 is 0 Å². The highest BCUT2D eigenvalue weighted by atomic mass is 16.1. The summed E-state index contributed by atoms with van der Waals surface area (Å²) in [7, 11) is 0. The molecule has 0 saturated heterocycles. The van der Waals surface area contributed by atoms with Crippen LogP contribution in [0.15, 0.2) is 18.2 Å². The van der Waals surface area contributed by atoms with E-state index in [1.165, 1.54) is 11.1 Å². The molecule has 0 fully saturated rings. The van der Waals surface area contributed by atoms with Gasteiger partial charge in [-0.15, -0.1) is 0 Å². The average Bonchev–Trinajstić information content (AvgIpc) is 2.19. The van der Waals surface area contributed by atoms with Gasteiger partial charge >= 0.3 is 0 Å². The third kappa shape index (κ3) is 2.41. The summed E-state index contributed by atoms with van der Waals surface area (Å²) in [6, 6.07) is 5.97. The van der Waals surface area contributed by atoms with Crippen LogP contribution in [0.3, 0.4) is 0 Å². The number of benzene rings is 1. The van der Waals surface area contributed by atoms with Crippen LogP contribution in [0.5, 0.6) is 0 Å². The quantitative estimate of drug-likeness (QED) is 0.644. The maximum Gasteiger partial charge on any atom is 0.150 e. The van der Waals surface area contributed by atoms with E-state index in [0.717, 1.165) is 31.1 Å². The number of aryl methyl sites for hydroxylation is 2. The van der Waals surface area contributed by atoms with Crippen molar-refractivity contribution >= 4 is 6.29 Å². The van der Waals surface area contributed by atoms with Gasteiger partial charge in [-0.05, 0) is 30.0 Å². The fourth-order valence-corrected chi connectivity index (χ4v) is 1.56. The highest BCUT2D eigenvalue weighted by Crippen LogP contribution is 2.13. The molecule has 1 aromatic carbocycles. The second kappa shape index (κ2) is 4.80. The molecular formula is C12H16O. The average molecular weight is 176 g/mol. The first-order valence-corrected chi connectivity index (χ1v) is 4.88. The summed E-state index contributed by atoms with van der Waals surface area (Å²) in [4.78, 5) is 10.5. The highest BCUT2D eigenvalue weighted by Gasteiger charge is 2.00. The van der Waals surface area contributed by atoms with Crippen LogP contribution in [-0.4, -0.2) is 6.29 Å². The first-order valence-electron chi connectivity index (χ1n) is 4.88. The molecule has 0 aliphatic heterocycles. The Morgan fingerprint density at radius 2 is 2.00 bits per heavy atom. The number of hydrogen-bond acceptors (Lipinski definition) is 1. The molecule has 1 heteroatoms. The van der Waals surface area contributed by atoms with Crippen LogP contribution in [0.1, 0.15) is 41.8 Å². The van der Waals surface area contributed by atoms with Gasteiger partial charge in [0.05, 0.1) is 0 Å². The van der Waals surface area contributed by atoms with E-state index in [2.05, 4.69) is 19.9 Å². The van der Waals surface area contributed by atoms with Gasteiger partial charge in [-0.1, -0.05) is 32.4 Å². The van der Waals surface area contributed by atoms with E-state index in [9.17, 15) is 4.79 Å². The summed E-state index contributed by atoms with van der Waals surface area (Å²) in [5.41, 5.74) is 3.48. The fourth-order valence-electron chi connectivity index (χ4n) is 1.56. The second-order valence-electron chi connectivity index (χ2n) is 3.25. The maximum absolute atomic E-state index is 10.5. The van der Waals surface area contributed by atoms with Gasteiger partial charge in [0, 0.05) is 5.56 Å². The molecular weight excluding hydrogens is 160 g/mol. The minimum absolute atomic E-state index is 0.789. The molecule has 0 aromatic heterocycles. The Kier molecular flexibility index (Phi) is 3.69. The molecule has 0 atom stereocenters.